The van der Waals surface area contributed by atoms with Crippen molar-refractivity contribution in [1.82, 2.24) is 25.4 Å². The van der Waals surface area contributed by atoms with Gasteiger partial charge in [-0.25, -0.2) is 9.98 Å². The largest absolute Gasteiger partial charge is 0.443 e. The molecule has 2 N–H and O–H groups in total. The average Bonchev–Trinajstić information content (AvgIpc) is 3.31. The van der Waals surface area contributed by atoms with Gasteiger partial charge >= 0.3 is 0 Å². The molecule has 0 atom stereocenters. The number of hydrogen-bond acceptors (Lipinski definition) is 5. The lowest BCUT2D eigenvalue weighted by molar-refractivity contribution is 0.574. The zero-order chi connectivity index (χ0) is 16.8. The first-order chi connectivity index (χ1) is 11.8. The van der Waals surface area contributed by atoms with Gasteiger partial charge in [0, 0.05) is 19.8 Å². The van der Waals surface area contributed by atoms with Gasteiger partial charge in [-0.3, -0.25) is 4.68 Å². The number of guanidine groups is 1. The van der Waals surface area contributed by atoms with Crippen molar-refractivity contribution in [2.24, 2.45) is 12.0 Å². The number of oxazole rings is 1. The summed E-state index contributed by atoms with van der Waals surface area (Å²) in [6, 6.07) is 5.94. The second-order valence-corrected chi connectivity index (χ2v) is 6.06. The van der Waals surface area contributed by atoms with Crippen LogP contribution >= 0.6 is 35.3 Å². The molecule has 0 amide bonds. The fourth-order valence-corrected chi connectivity index (χ4v) is 2.80. The van der Waals surface area contributed by atoms with Crippen molar-refractivity contribution in [2.75, 3.05) is 6.54 Å². The molecule has 0 aliphatic rings. The number of nitrogens with one attached hydrogen (secondary N) is 2. The molecule has 25 heavy (non-hydrogen) atoms. The molecular formula is C16H21IN6OS. The molecule has 0 unspecified atom stereocenters. The Bertz CT molecular complexity index is 795. The van der Waals surface area contributed by atoms with Gasteiger partial charge in [0.2, 0.25) is 5.89 Å². The molecule has 0 spiro atoms. The van der Waals surface area contributed by atoms with E-state index in [4.69, 9.17) is 4.42 Å². The van der Waals surface area contributed by atoms with E-state index in [0.717, 1.165) is 28.8 Å². The number of aryl methyl sites for hydroxylation is 1. The monoisotopic (exact) mass is 472 g/mol. The minimum Gasteiger partial charge on any atom is -0.443 e. The van der Waals surface area contributed by atoms with Crippen LogP contribution in [0.1, 0.15) is 18.3 Å². The molecule has 134 valence electrons. The van der Waals surface area contributed by atoms with Crippen molar-refractivity contribution in [3.8, 4) is 10.8 Å². The quantitative estimate of drug-likeness (QED) is 0.328. The number of thiophene rings is 1. The molecule has 0 fully saturated rings. The molecule has 0 aliphatic heterocycles. The summed E-state index contributed by atoms with van der Waals surface area (Å²) in [7, 11) is 1.92. The normalized spacial score (nSPS) is 11.2. The van der Waals surface area contributed by atoms with Crippen LogP contribution in [-0.2, 0) is 20.1 Å². The molecule has 0 bridgehead atoms. The summed E-state index contributed by atoms with van der Waals surface area (Å²) in [5.41, 5.74) is 1.89. The molecule has 0 saturated heterocycles. The zero-order valence-electron chi connectivity index (χ0n) is 14.1. The second kappa shape index (κ2) is 9.56. The lowest BCUT2D eigenvalue weighted by atomic mass is 10.4. The summed E-state index contributed by atoms with van der Waals surface area (Å²) in [5, 5.41) is 12.7. The Kier molecular flexibility index (Phi) is 7.44. The average molecular weight is 472 g/mol. The van der Waals surface area contributed by atoms with E-state index in [1.165, 1.54) is 0 Å². The van der Waals surface area contributed by atoms with Crippen molar-refractivity contribution < 1.29 is 4.42 Å². The molecule has 3 rings (SSSR count). The smallest absolute Gasteiger partial charge is 0.236 e. The van der Waals surface area contributed by atoms with Gasteiger partial charge in [0.1, 0.15) is 12.0 Å². The highest BCUT2D eigenvalue weighted by Crippen LogP contribution is 2.23. The molecule has 3 aromatic heterocycles. The van der Waals surface area contributed by atoms with Gasteiger partial charge in [0.05, 0.1) is 23.7 Å². The molecule has 0 aromatic carbocycles. The maximum atomic E-state index is 5.51. The maximum Gasteiger partial charge on any atom is 0.236 e. The van der Waals surface area contributed by atoms with Crippen LogP contribution in [0, 0.1) is 0 Å². The van der Waals surface area contributed by atoms with Gasteiger partial charge in [-0.15, -0.1) is 35.3 Å². The Hall–Kier alpha value is -1.88. The van der Waals surface area contributed by atoms with E-state index in [-0.39, 0.29) is 24.0 Å². The van der Waals surface area contributed by atoms with E-state index in [1.54, 1.807) is 23.8 Å². The lowest BCUT2D eigenvalue weighted by Crippen LogP contribution is -2.37. The van der Waals surface area contributed by atoms with Crippen molar-refractivity contribution in [2.45, 2.75) is 20.0 Å². The summed E-state index contributed by atoms with van der Waals surface area (Å²) in [5.74, 6) is 1.38. The van der Waals surface area contributed by atoms with E-state index >= 15 is 0 Å². The number of aromatic nitrogens is 3. The molecule has 0 saturated carbocycles. The first-order valence-corrected chi connectivity index (χ1v) is 8.61. The molecule has 0 radical (unpaired) electrons. The Morgan fingerprint density at radius 3 is 2.92 bits per heavy atom. The van der Waals surface area contributed by atoms with Gasteiger partial charge in [-0.2, -0.15) is 5.10 Å². The van der Waals surface area contributed by atoms with Crippen LogP contribution in [0.25, 0.3) is 10.8 Å². The molecule has 3 heterocycles. The van der Waals surface area contributed by atoms with Crippen molar-refractivity contribution in [1.29, 1.82) is 0 Å². The Balaban J connectivity index is 0.00000225. The fraction of sp³-hybridized carbons (Fsp3) is 0.312. The summed E-state index contributed by atoms with van der Waals surface area (Å²) < 4.78 is 7.35. The number of nitrogens with zero attached hydrogens (tertiary/aromatic N) is 4. The van der Waals surface area contributed by atoms with E-state index in [1.807, 2.05) is 42.2 Å². The van der Waals surface area contributed by atoms with Gasteiger partial charge in [-0.05, 0) is 24.4 Å². The van der Waals surface area contributed by atoms with Crippen LogP contribution in [0.3, 0.4) is 0 Å². The summed E-state index contributed by atoms with van der Waals surface area (Å²) in [4.78, 5) is 10.0. The zero-order valence-corrected chi connectivity index (χ0v) is 17.2. The molecular weight excluding hydrogens is 451 g/mol. The second-order valence-electron chi connectivity index (χ2n) is 5.12. The third kappa shape index (κ3) is 5.30. The van der Waals surface area contributed by atoms with Crippen molar-refractivity contribution in [3.05, 3.63) is 47.4 Å². The molecule has 0 aliphatic carbocycles. The third-order valence-electron chi connectivity index (χ3n) is 3.39. The van der Waals surface area contributed by atoms with Gasteiger partial charge in [-0.1, -0.05) is 6.07 Å². The Morgan fingerprint density at radius 1 is 1.36 bits per heavy atom. The maximum absolute atomic E-state index is 5.51. The minimum atomic E-state index is 0. The first kappa shape index (κ1) is 19.4. The van der Waals surface area contributed by atoms with E-state index < -0.39 is 0 Å². The van der Waals surface area contributed by atoms with Crippen LogP contribution in [0.15, 0.2) is 45.4 Å². The van der Waals surface area contributed by atoms with Crippen LogP contribution in [0.5, 0.6) is 0 Å². The standard InChI is InChI=1S/C16H20N6OS.HI/c1-3-17-16(19-10-13-6-7-20-22(13)2)18-9-12-11-23-15(21-12)14-5-4-8-24-14;/h4-8,11H,3,9-10H2,1-2H3,(H2,17,18,19);1H. The van der Waals surface area contributed by atoms with Crippen LogP contribution in [0.4, 0.5) is 0 Å². The number of halogens is 1. The summed E-state index contributed by atoms with van der Waals surface area (Å²) in [6.45, 7) is 3.93. The highest BCUT2D eigenvalue weighted by Gasteiger charge is 2.07. The summed E-state index contributed by atoms with van der Waals surface area (Å²) in [6.07, 6.45) is 3.44. The van der Waals surface area contributed by atoms with Gasteiger partial charge in [0.25, 0.3) is 0 Å². The van der Waals surface area contributed by atoms with Gasteiger partial charge < -0.3 is 15.1 Å². The van der Waals surface area contributed by atoms with Crippen LogP contribution in [-0.4, -0.2) is 27.3 Å². The van der Waals surface area contributed by atoms with Crippen LogP contribution < -0.4 is 10.6 Å². The van der Waals surface area contributed by atoms with Crippen molar-refractivity contribution in [3.63, 3.8) is 0 Å². The minimum absolute atomic E-state index is 0. The van der Waals surface area contributed by atoms with E-state index in [9.17, 15) is 0 Å². The Labute approximate surface area is 167 Å². The number of hydrogen-bond donors (Lipinski definition) is 2. The van der Waals surface area contributed by atoms with Gasteiger partial charge in [0.15, 0.2) is 5.96 Å². The number of aliphatic imine (C=N–C) groups is 1. The molecule has 7 nitrogen and oxygen atoms in total. The summed E-state index contributed by atoms with van der Waals surface area (Å²) >= 11 is 1.60. The highest BCUT2D eigenvalue weighted by atomic mass is 127. The van der Waals surface area contributed by atoms with Crippen molar-refractivity contribution >= 4 is 41.3 Å². The highest BCUT2D eigenvalue weighted by molar-refractivity contribution is 14.0. The fourth-order valence-electron chi connectivity index (χ4n) is 2.14. The lowest BCUT2D eigenvalue weighted by Gasteiger charge is -2.10. The first-order valence-electron chi connectivity index (χ1n) is 7.73. The third-order valence-corrected chi connectivity index (χ3v) is 4.24. The SMILES string of the molecule is CCNC(=NCc1coc(-c2cccs2)n1)NCc1ccnn1C.I. The van der Waals surface area contributed by atoms with Crippen LogP contribution in [0.2, 0.25) is 0 Å². The molecule has 3 aromatic rings. The predicted molar refractivity (Wildman–Crippen MR) is 110 cm³/mol. The predicted octanol–water partition coefficient (Wildman–Crippen LogP) is 3.01. The van der Waals surface area contributed by atoms with E-state index in [2.05, 4.69) is 25.7 Å². The number of rotatable bonds is 6. The molecule has 9 heteroatoms. The van der Waals surface area contributed by atoms with E-state index in [0.29, 0.717) is 19.0 Å². The topological polar surface area (TPSA) is 80.3 Å². The Morgan fingerprint density at radius 2 is 2.24 bits per heavy atom.